The van der Waals surface area contributed by atoms with E-state index < -0.39 is 11.9 Å². The summed E-state index contributed by atoms with van der Waals surface area (Å²) in [6.07, 6.45) is 5.05. The van der Waals surface area contributed by atoms with Crippen molar-refractivity contribution in [3.63, 3.8) is 0 Å². The van der Waals surface area contributed by atoms with E-state index in [0.29, 0.717) is 4.60 Å². The van der Waals surface area contributed by atoms with Gasteiger partial charge in [0.2, 0.25) is 0 Å². The van der Waals surface area contributed by atoms with Gasteiger partial charge in [0.25, 0.3) is 0 Å². The van der Waals surface area contributed by atoms with E-state index in [-0.39, 0.29) is 5.54 Å². The van der Waals surface area contributed by atoms with Crippen molar-refractivity contribution in [1.29, 1.82) is 0 Å². The Morgan fingerprint density at radius 2 is 1.57 bits per heavy atom. The van der Waals surface area contributed by atoms with E-state index in [1.54, 1.807) is 4.68 Å². The highest BCUT2D eigenvalue weighted by Gasteiger charge is 2.37. The van der Waals surface area contributed by atoms with Crippen molar-refractivity contribution >= 4 is 15.9 Å². The van der Waals surface area contributed by atoms with Crippen molar-refractivity contribution in [3.8, 4) is 0 Å². The Morgan fingerprint density at radius 1 is 1.00 bits per heavy atom. The van der Waals surface area contributed by atoms with E-state index >= 15 is 0 Å². The Hall–Kier alpha value is -0.520. The first-order valence-corrected chi connectivity index (χ1v) is 9.37. The topological polar surface area (TPSA) is 17.8 Å². The number of aromatic nitrogens is 2. The molecule has 0 aliphatic rings. The van der Waals surface area contributed by atoms with Gasteiger partial charge < -0.3 is 0 Å². The molecule has 0 N–H and O–H groups in total. The number of nitrogens with zero attached hydrogens (tertiary/aromatic N) is 2. The first-order chi connectivity index (χ1) is 10.7. The van der Waals surface area contributed by atoms with Crippen LogP contribution in [-0.2, 0) is 11.7 Å². The minimum atomic E-state index is -4.40. The maximum absolute atomic E-state index is 12.9. The minimum absolute atomic E-state index is 0.370. The van der Waals surface area contributed by atoms with Gasteiger partial charge >= 0.3 is 6.18 Å². The monoisotopic (exact) mass is 396 g/mol. The van der Waals surface area contributed by atoms with Crippen LogP contribution in [0.2, 0.25) is 0 Å². The van der Waals surface area contributed by atoms with Crippen molar-refractivity contribution < 1.29 is 13.2 Å². The summed E-state index contributed by atoms with van der Waals surface area (Å²) in [6, 6.07) is 1.08. The van der Waals surface area contributed by atoms with Crippen LogP contribution in [0.15, 0.2) is 10.7 Å². The van der Waals surface area contributed by atoms with E-state index in [0.717, 1.165) is 44.6 Å². The third-order valence-electron chi connectivity index (χ3n) is 4.36. The molecule has 2 nitrogen and oxygen atoms in total. The maximum Gasteiger partial charge on any atom is 0.435 e. The van der Waals surface area contributed by atoms with Crippen LogP contribution in [0.4, 0.5) is 13.2 Å². The molecule has 1 unspecified atom stereocenters. The van der Waals surface area contributed by atoms with Gasteiger partial charge in [-0.2, -0.15) is 18.3 Å². The van der Waals surface area contributed by atoms with Crippen LogP contribution in [-0.4, -0.2) is 9.78 Å². The summed E-state index contributed by atoms with van der Waals surface area (Å²) in [5, 5.41) is 3.87. The van der Waals surface area contributed by atoms with Crippen molar-refractivity contribution in [3.05, 3.63) is 16.4 Å². The predicted octanol–water partition coefficient (Wildman–Crippen LogP) is 6.93. The number of unbranched alkanes of at least 4 members (excludes halogenated alkanes) is 5. The number of hydrogen-bond donors (Lipinski definition) is 0. The standard InChI is InChI=1S/C17H28BrF3N2/c1-4-6-8-9-10-12-16(3,11-7-5-2)23-15(18)13-14(22-23)17(19,20)21/h13H,4-12H2,1-3H3. The highest BCUT2D eigenvalue weighted by molar-refractivity contribution is 9.10. The average Bonchev–Trinajstić information content (AvgIpc) is 2.88. The molecule has 0 fully saturated rings. The lowest BCUT2D eigenvalue weighted by Crippen LogP contribution is -2.32. The summed E-state index contributed by atoms with van der Waals surface area (Å²) >= 11 is 3.27. The summed E-state index contributed by atoms with van der Waals surface area (Å²) < 4.78 is 40.7. The van der Waals surface area contributed by atoms with Gasteiger partial charge in [0, 0.05) is 6.07 Å². The van der Waals surface area contributed by atoms with Crippen LogP contribution in [0.3, 0.4) is 0 Å². The fourth-order valence-electron chi connectivity index (χ4n) is 2.88. The maximum atomic E-state index is 12.9. The van der Waals surface area contributed by atoms with Crippen LogP contribution in [0.1, 0.15) is 84.3 Å². The van der Waals surface area contributed by atoms with Gasteiger partial charge in [0.15, 0.2) is 5.69 Å². The molecule has 134 valence electrons. The SMILES string of the molecule is CCCCCCCC(C)(CCCC)n1nc(C(F)(F)F)cc1Br. The average molecular weight is 397 g/mol. The fraction of sp³-hybridized carbons (Fsp3) is 0.824. The van der Waals surface area contributed by atoms with Crippen LogP contribution in [0, 0.1) is 0 Å². The Balaban J connectivity index is 2.89. The van der Waals surface area contributed by atoms with Crippen molar-refractivity contribution in [1.82, 2.24) is 9.78 Å². The fourth-order valence-corrected chi connectivity index (χ4v) is 3.60. The molecule has 1 atom stereocenters. The molecule has 0 aliphatic heterocycles. The van der Waals surface area contributed by atoms with E-state index in [1.165, 1.54) is 19.3 Å². The lowest BCUT2D eigenvalue weighted by Gasteiger charge is -2.31. The highest BCUT2D eigenvalue weighted by atomic mass is 79.9. The first-order valence-electron chi connectivity index (χ1n) is 8.58. The van der Waals surface area contributed by atoms with Gasteiger partial charge in [0.05, 0.1) is 5.54 Å². The molecule has 23 heavy (non-hydrogen) atoms. The number of alkyl halides is 3. The quantitative estimate of drug-likeness (QED) is 0.392. The summed E-state index contributed by atoms with van der Waals surface area (Å²) in [5.74, 6) is 0. The van der Waals surface area contributed by atoms with E-state index in [1.807, 2.05) is 6.92 Å². The van der Waals surface area contributed by atoms with Gasteiger partial charge in [-0.15, -0.1) is 0 Å². The lowest BCUT2D eigenvalue weighted by atomic mass is 9.89. The second-order valence-electron chi connectivity index (χ2n) is 6.53. The second kappa shape index (κ2) is 9.09. The largest absolute Gasteiger partial charge is 0.435 e. The van der Waals surface area contributed by atoms with Gasteiger partial charge in [-0.25, -0.2) is 0 Å². The molecule has 0 saturated heterocycles. The van der Waals surface area contributed by atoms with Crippen molar-refractivity contribution in [2.45, 2.75) is 90.3 Å². The summed E-state index contributed by atoms with van der Waals surface area (Å²) in [5.41, 5.74) is -1.19. The molecule has 0 spiro atoms. The zero-order valence-corrected chi connectivity index (χ0v) is 15.9. The summed E-state index contributed by atoms with van der Waals surface area (Å²) in [7, 11) is 0. The molecule has 0 bridgehead atoms. The number of rotatable bonds is 10. The smallest absolute Gasteiger partial charge is 0.252 e. The van der Waals surface area contributed by atoms with E-state index in [4.69, 9.17) is 0 Å². The van der Waals surface area contributed by atoms with Crippen LogP contribution in [0.5, 0.6) is 0 Å². The third-order valence-corrected chi connectivity index (χ3v) is 4.92. The molecule has 1 aromatic rings. The zero-order valence-electron chi connectivity index (χ0n) is 14.3. The van der Waals surface area contributed by atoms with Crippen molar-refractivity contribution in [2.75, 3.05) is 0 Å². The Bertz CT molecular complexity index is 471. The van der Waals surface area contributed by atoms with Crippen molar-refractivity contribution in [2.24, 2.45) is 0 Å². The van der Waals surface area contributed by atoms with Gasteiger partial charge in [-0.1, -0.05) is 58.8 Å². The van der Waals surface area contributed by atoms with Crippen LogP contribution >= 0.6 is 15.9 Å². The molecule has 6 heteroatoms. The molecular weight excluding hydrogens is 369 g/mol. The lowest BCUT2D eigenvalue weighted by molar-refractivity contribution is -0.141. The molecule has 0 radical (unpaired) electrons. The summed E-state index contributed by atoms with van der Waals surface area (Å²) in [6.45, 7) is 6.30. The zero-order chi connectivity index (χ0) is 17.5. The molecule has 0 saturated carbocycles. The highest BCUT2D eigenvalue weighted by Crippen LogP contribution is 2.36. The van der Waals surface area contributed by atoms with Gasteiger partial charge in [-0.05, 0) is 35.7 Å². The Labute approximate surface area is 146 Å². The molecule has 0 amide bonds. The van der Waals surface area contributed by atoms with Gasteiger partial charge in [-0.3, -0.25) is 4.68 Å². The molecular formula is C17H28BrF3N2. The van der Waals surface area contributed by atoms with E-state index in [2.05, 4.69) is 34.9 Å². The first kappa shape index (κ1) is 20.5. The van der Waals surface area contributed by atoms with Crippen LogP contribution < -0.4 is 0 Å². The predicted molar refractivity (Wildman–Crippen MR) is 91.5 cm³/mol. The van der Waals surface area contributed by atoms with Crippen LogP contribution in [0.25, 0.3) is 0 Å². The minimum Gasteiger partial charge on any atom is -0.252 e. The number of hydrogen-bond acceptors (Lipinski definition) is 1. The normalized spacial score (nSPS) is 14.9. The molecule has 1 aromatic heterocycles. The third kappa shape index (κ3) is 6.12. The molecule has 0 aromatic carbocycles. The number of halogens is 4. The Kier molecular flexibility index (Phi) is 8.11. The van der Waals surface area contributed by atoms with Gasteiger partial charge in [0.1, 0.15) is 4.60 Å². The van der Waals surface area contributed by atoms with E-state index in [9.17, 15) is 13.2 Å². The molecule has 1 heterocycles. The Morgan fingerprint density at radius 3 is 2.09 bits per heavy atom. The second-order valence-corrected chi connectivity index (χ2v) is 7.34. The summed E-state index contributed by atoms with van der Waals surface area (Å²) in [4.78, 5) is 0. The molecule has 0 aliphatic carbocycles. The molecule has 1 rings (SSSR count).